The molecule has 31 heavy (non-hydrogen) atoms. The third kappa shape index (κ3) is 4.48. The molecule has 7 nitrogen and oxygen atoms in total. The van der Waals surface area contributed by atoms with Crippen molar-refractivity contribution in [2.45, 2.75) is 30.7 Å². The fourth-order valence-corrected chi connectivity index (χ4v) is 3.89. The Bertz CT molecular complexity index is 1010. The number of pyridine rings is 1. The number of halogens is 6. The van der Waals surface area contributed by atoms with Crippen molar-refractivity contribution in [2.24, 2.45) is 0 Å². The van der Waals surface area contributed by atoms with Crippen molar-refractivity contribution in [2.75, 3.05) is 29.9 Å². The highest BCUT2D eigenvalue weighted by Crippen LogP contribution is 2.36. The summed E-state index contributed by atoms with van der Waals surface area (Å²) in [4.78, 5) is 25.7. The van der Waals surface area contributed by atoms with Gasteiger partial charge in [0.15, 0.2) is 11.6 Å². The lowest BCUT2D eigenvalue weighted by Gasteiger charge is -2.25. The molecular formula is C18H16ClF5N6O. The lowest BCUT2D eigenvalue weighted by Crippen LogP contribution is -2.46. The maximum atomic E-state index is 14.6. The number of carbonyl (C=O) groups excluding carboxylic acids is 1. The van der Waals surface area contributed by atoms with Crippen LogP contribution in [0.2, 0.25) is 5.02 Å². The van der Waals surface area contributed by atoms with E-state index in [0.29, 0.717) is 22.9 Å². The van der Waals surface area contributed by atoms with E-state index in [-0.39, 0.29) is 24.6 Å². The zero-order valence-electron chi connectivity index (χ0n) is 15.8. The van der Waals surface area contributed by atoms with Gasteiger partial charge in [-0.1, -0.05) is 11.6 Å². The molecule has 166 valence electrons. The highest BCUT2D eigenvalue weighted by Gasteiger charge is 2.41. The van der Waals surface area contributed by atoms with Crippen LogP contribution in [-0.4, -0.2) is 58.9 Å². The predicted molar refractivity (Wildman–Crippen MR) is 101 cm³/mol. The first-order valence-corrected chi connectivity index (χ1v) is 9.67. The lowest BCUT2D eigenvalue weighted by atomic mass is 10.0. The van der Waals surface area contributed by atoms with Crippen LogP contribution in [0.1, 0.15) is 23.7 Å². The van der Waals surface area contributed by atoms with Gasteiger partial charge in [-0.3, -0.25) is 4.79 Å². The Morgan fingerprint density at radius 2 is 2.10 bits per heavy atom. The number of hydrogen-bond donors (Lipinski definition) is 2. The number of fused-ring (bicyclic) bond motifs is 1. The second-order valence-corrected chi connectivity index (χ2v) is 7.70. The van der Waals surface area contributed by atoms with E-state index in [2.05, 4.69) is 20.3 Å². The molecule has 2 N–H and O–H groups in total. The topological polar surface area (TPSA) is 83.0 Å². The van der Waals surface area contributed by atoms with Crippen LogP contribution in [0.15, 0.2) is 18.5 Å². The molecule has 4 heterocycles. The summed E-state index contributed by atoms with van der Waals surface area (Å²) in [6.07, 6.45) is -4.18. The Kier molecular flexibility index (Phi) is 5.58. The summed E-state index contributed by atoms with van der Waals surface area (Å²) in [5, 5.41) is 5.16. The number of aromatic nitrogens is 3. The van der Waals surface area contributed by atoms with E-state index in [0.717, 1.165) is 11.1 Å². The molecule has 2 aromatic heterocycles. The van der Waals surface area contributed by atoms with Crippen LogP contribution >= 0.6 is 11.6 Å². The van der Waals surface area contributed by atoms with Gasteiger partial charge in [0.05, 0.1) is 23.7 Å². The van der Waals surface area contributed by atoms with Crippen molar-refractivity contribution < 1.29 is 26.7 Å². The van der Waals surface area contributed by atoms with Gasteiger partial charge in [-0.05, 0) is 6.07 Å². The molecule has 3 atom stereocenters. The third-order valence-electron chi connectivity index (χ3n) is 5.08. The molecule has 0 radical (unpaired) electrons. The fourth-order valence-electron chi connectivity index (χ4n) is 3.72. The first-order chi connectivity index (χ1) is 14.6. The molecule has 13 heteroatoms. The van der Waals surface area contributed by atoms with Gasteiger partial charge in [0, 0.05) is 24.7 Å². The second-order valence-electron chi connectivity index (χ2n) is 7.26. The summed E-state index contributed by atoms with van der Waals surface area (Å²) >= 11 is 6.00. The Labute approximate surface area is 178 Å². The monoisotopic (exact) mass is 462 g/mol. The summed E-state index contributed by atoms with van der Waals surface area (Å²) in [5.41, 5.74) is 0.689. The number of nitrogens with zero attached hydrogens (tertiary/aromatic N) is 4. The number of anilines is 2. The summed E-state index contributed by atoms with van der Waals surface area (Å²) in [6, 6.07) is 0.335. The molecule has 2 aromatic rings. The summed E-state index contributed by atoms with van der Waals surface area (Å²) in [7, 11) is 0. The van der Waals surface area contributed by atoms with E-state index < -0.39 is 42.6 Å². The van der Waals surface area contributed by atoms with Crippen molar-refractivity contribution in [3.8, 4) is 0 Å². The van der Waals surface area contributed by atoms with Crippen LogP contribution in [0.4, 0.5) is 33.6 Å². The first-order valence-electron chi connectivity index (χ1n) is 9.29. The smallest absolute Gasteiger partial charge is 0.369 e. The van der Waals surface area contributed by atoms with Gasteiger partial charge in [-0.25, -0.2) is 23.7 Å². The molecule has 4 rings (SSSR count). The molecule has 0 bridgehead atoms. The quantitative estimate of drug-likeness (QED) is 0.680. The van der Waals surface area contributed by atoms with Gasteiger partial charge < -0.3 is 15.5 Å². The SMILES string of the molecule is O=C(NCC(F)(F)F)[C@@H]1C[C@@H](F)CN1c1nc(C2CNc3ncc(Cl)cc32)ncc1F. The number of alkyl halides is 4. The van der Waals surface area contributed by atoms with Crippen LogP contribution in [0.3, 0.4) is 0 Å². The van der Waals surface area contributed by atoms with Crippen molar-refractivity contribution >= 4 is 29.1 Å². The minimum Gasteiger partial charge on any atom is -0.369 e. The third-order valence-corrected chi connectivity index (χ3v) is 5.28. The van der Waals surface area contributed by atoms with Crippen LogP contribution < -0.4 is 15.5 Å². The zero-order valence-corrected chi connectivity index (χ0v) is 16.5. The highest BCUT2D eigenvalue weighted by atomic mass is 35.5. The van der Waals surface area contributed by atoms with Crippen molar-refractivity contribution in [1.82, 2.24) is 20.3 Å². The van der Waals surface area contributed by atoms with E-state index in [1.807, 2.05) is 0 Å². The van der Waals surface area contributed by atoms with Gasteiger partial charge in [0.1, 0.15) is 30.4 Å². The maximum Gasteiger partial charge on any atom is 0.405 e. The molecule has 1 unspecified atom stereocenters. The molecule has 0 saturated carbocycles. The molecule has 1 amide bonds. The predicted octanol–water partition coefficient (Wildman–Crippen LogP) is 2.82. The largest absolute Gasteiger partial charge is 0.405 e. The number of nitrogens with one attached hydrogen (secondary N) is 2. The molecule has 0 aliphatic carbocycles. The van der Waals surface area contributed by atoms with E-state index in [9.17, 15) is 26.7 Å². The fraction of sp³-hybridized carbons (Fsp3) is 0.444. The van der Waals surface area contributed by atoms with E-state index in [1.54, 1.807) is 11.4 Å². The minimum atomic E-state index is -4.63. The van der Waals surface area contributed by atoms with Crippen LogP contribution in [0.5, 0.6) is 0 Å². The van der Waals surface area contributed by atoms with E-state index >= 15 is 0 Å². The van der Waals surface area contributed by atoms with Crippen LogP contribution in [0, 0.1) is 5.82 Å². The van der Waals surface area contributed by atoms with Gasteiger partial charge in [0.25, 0.3) is 0 Å². The van der Waals surface area contributed by atoms with Gasteiger partial charge in [-0.15, -0.1) is 0 Å². The van der Waals surface area contributed by atoms with E-state index in [4.69, 9.17) is 11.6 Å². The highest BCUT2D eigenvalue weighted by molar-refractivity contribution is 6.30. The number of hydrogen-bond acceptors (Lipinski definition) is 6. The molecule has 0 spiro atoms. The summed E-state index contributed by atoms with van der Waals surface area (Å²) < 4.78 is 65.9. The van der Waals surface area contributed by atoms with Gasteiger partial charge in [-0.2, -0.15) is 13.2 Å². The van der Waals surface area contributed by atoms with E-state index in [1.165, 1.54) is 6.20 Å². The number of amides is 1. The Balaban J connectivity index is 1.62. The van der Waals surface area contributed by atoms with Gasteiger partial charge in [0.2, 0.25) is 5.91 Å². The molecule has 1 saturated heterocycles. The molecule has 2 aliphatic rings. The zero-order chi connectivity index (χ0) is 22.3. The van der Waals surface area contributed by atoms with Crippen molar-refractivity contribution in [1.29, 1.82) is 0 Å². The average Bonchev–Trinajstić information content (AvgIpc) is 3.29. The summed E-state index contributed by atoms with van der Waals surface area (Å²) in [5.74, 6) is -1.99. The molecule has 1 fully saturated rings. The molecular weight excluding hydrogens is 447 g/mol. The van der Waals surface area contributed by atoms with Crippen molar-refractivity contribution in [3.05, 3.63) is 40.7 Å². The summed E-state index contributed by atoms with van der Waals surface area (Å²) in [6.45, 7) is -1.59. The lowest BCUT2D eigenvalue weighted by molar-refractivity contribution is -0.139. The molecule has 2 aliphatic heterocycles. The Hall–Kier alpha value is -2.76. The first kappa shape index (κ1) is 21.5. The Morgan fingerprint density at radius 3 is 2.84 bits per heavy atom. The normalized spacial score (nSPS) is 22.9. The number of carbonyl (C=O) groups is 1. The number of rotatable bonds is 4. The van der Waals surface area contributed by atoms with Crippen molar-refractivity contribution in [3.63, 3.8) is 0 Å². The van der Waals surface area contributed by atoms with Gasteiger partial charge >= 0.3 is 6.18 Å². The maximum absolute atomic E-state index is 14.6. The standard InChI is InChI=1S/C18H16ClF5N6O/c19-8-1-10-11(4-26-14(10)25-3-8)15-27-5-12(21)16(29-15)30-6-9(20)2-13(30)17(31)28-7-18(22,23)24/h1,3,5,9,11,13H,2,4,6-7H2,(H,25,26)(H,28,31)/t9-,11?,13+/m1/s1. The molecule has 0 aromatic carbocycles. The Morgan fingerprint density at radius 1 is 1.32 bits per heavy atom. The van der Waals surface area contributed by atoms with Crippen LogP contribution in [0.25, 0.3) is 0 Å². The average molecular weight is 463 g/mol. The second kappa shape index (κ2) is 8.06. The minimum absolute atomic E-state index is 0.184. The van der Waals surface area contributed by atoms with Crippen LogP contribution in [-0.2, 0) is 4.79 Å².